The van der Waals surface area contributed by atoms with E-state index in [-0.39, 0.29) is 17.4 Å². The van der Waals surface area contributed by atoms with Gasteiger partial charge < -0.3 is 9.47 Å². The molecule has 0 spiro atoms. The van der Waals surface area contributed by atoms with Gasteiger partial charge in [-0.1, -0.05) is 45.2 Å². The summed E-state index contributed by atoms with van der Waals surface area (Å²) in [7, 11) is 0. The molecule has 30 heavy (non-hydrogen) atoms. The molecule has 1 aliphatic heterocycles. The maximum Gasteiger partial charge on any atom is 0.201 e. The highest BCUT2D eigenvalue weighted by atomic mass is 19.2. The van der Waals surface area contributed by atoms with Crippen LogP contribution in [0.5, 0.6) is 5.75 Å². The van der Waals surface area contributed by atoms with Crippen molar-refractivity contribution in [1.82, 2.24) is 0 Å². The van der Waals surface area contributed by atoms with E-state index in [0.717, 1.165) is 44.9 Å². The van der Waals surface area contributed by atoms with Gasteiger partial charge in [-0.25, -0.2) is 8.78 Å². The van der Waals surface area contributed by atoms with Gasteiger partial charge in [0.2, 0.25) is 5.82 Å². The van der Waals surface area contributed by atoms with Crippen LogP contribution in [0.4, 0.5) is 13.2 Å². The predicted molar refractivity (Wildman–Crippen MR) is 113 cm³/mol. The quantitative estimate of drug-likeness (QED) is 0.389. The minimum absolute atomic E-state index is 0.0198. The second-order valence-electron chi connectivity index (χ2n) is 8.09. The second-order valence-corrected chi connectivity index (χ2v) is 8.09. The maximum absolute atomic E-state index is 14.8. The highest BCUT2D eigenvalue weighted by Gasteiger charge is 2.25. The predicted octanol–water partition coefficient (Wildman–Crippen LogP) is 7.61. The molecule has 5 heteroatoms. The van der Waals surface area contributed by atoms with Crippen molar-refractivity contribution in [2.75, 3.05) is 13.2 Å². The van der Waals surface area contributed by atoms with Gasteiger partial charge >= 0.3 is 0 Å². The van der Waals surface area contributed by atoms with Crippen molar-refractivity contribution in [2.24, 2.45) is 5.92 Å². The molecule has 2 aromatic rings. The molecule has 3 rings (SSSR count). The molecule has 1 heterocycles. The first-order chi connectivity index (χ1) is 14.5. The van der Waals surface area contributed by atoms with Gasteiger partial charge in [0.05, 0.1) is 19.3 Å². The monoisotopic (exact) mass is 420 g/mol. The fourth-order valence-electron chi connectivity index (χ4n) is 4.04. The first-order valence-corrected chi connectivity index (χ1v) is 11.1. The molecule has 0 saturated carbocycles. The lowest BCUT2D eigenvalue weighted by molar-refractivity contribution is -0.0211. The van der Waals surface area contributed by atoms with Crippen LogP contribution in [0.3, 0.4) is 0 Å². The second kappa shape index (κ2) is 10.9. The summed E-state index contributed by atoms with van der Waals surface area (Å²) in [5.74, 6) is -2.08. The van der Waals surface area contributed by atoms with Crippen LogP contribution in [0.2, 0.25) is 0 Å². The molecule has 1 fully saturated rings. The molecule has 164 valence electrons. The first kappa shape index (κ1) is 22.7. The van der Waals surface area contributed by atoms with Gasteiger partial charge in [0.25, 0.3) is 0 Å². The molecule has 2 aromatic carbocycles. The zero-order chi connectivity index (χ0) is 21.5. The number of benzene rings is 2. The highest BCUT2D eigenvalue weighted by Crippen LogP contribution is 2.36. The van der Waals surface area contributed by atoms with Gasteiger partial charge in [-0.05, 0) is 55.4 Å². The molecular formula is C25H31F3O2. The van der Waals surface area contributed by atoms with Crippen molar-refractivity contribution in [3.8, 4) is 16.9 Å². The fourth-order valence-corrected chi connectivity index (χ4v) is 4.04. The summed E-state index contributed by atoms with van der Waals surface area (Å²) >= 11 is 0. The van der Waals surface area contributed by atoms with Crippen molar-refractivity contribution in [3.63, 3.8) is 0 Å². The van der Waals surface area contributed by atoms with Crippen LogP contribution < -0.4 is 4.74 Å². The zero-order valence-electron chi connectivity index (χ0n) is 17.9. The van der Waals surface area contributed by atoms with E-state index in [1.807, 2.05) is 0 Å². The van der Waals surface area contributed by atoms with E-state index in [9.17, 15) is 13.2 Å². The van der Waals surface area contributed by atoms with Crippen LogP contribution in [0, 0.1) is 23.4 Å². The number of ether oxygens (including phenoxy) is 2. The minimum atomic E-state index is -1.04. The van der Waals surface area contributed by atoms with E-state index in [0.29, 0.717) is 30.3 Å². The third-order valence-electron chi connectivity index (χ3n) is 5.78. The van der Waals surface area contributed by atoms with Crippen molar-refractivity contribution in [3.05, 3.63) is 53.3 Å². The van der Waals surface area contributed by atoms with Crippen LogP contribution in [-0.2, 0) is 4.74 Å². The normalized spacial score (nSPS) is 19.1. The Labute approximate surface area is 177 Å². The smallest absolute Gasteiger partial charge is 0.201 e. The Morgan fingerprint density at radius 1 is 0.967 bits per heavy atom. The van der Waals surface area contributed by atoms with Gasteiger partial charge in [0.15, 0.2) is 11.6 Å². The lowest BCUT2D eigenvalue weighted by Crippen LogP contribution is -2.21. The van der Waals surface area contributed by atoms with Gasteiger partial charge in [0.1, 0.15) is 5.82 Å². The standard InChI is InChI=1S/C25H31F3O2/c1-3-5-6-14-29-23-13-11-19(24(27)25(23)28)18-9-10-20(21(26)15-18)22-12-8-17(7-4-2)16-30-22/h9-11,13,15,17,22H,3-8,12,14,16H2,1-2H3. The van der Waals surface area contributed by atoms with Gasteiger partial charge in [-0.15, -0.1) is 0 Å². The molecule has 0 N–H and O–H groups in total. The Bertz CT molecular complexity index is 829. The Kier molecular flexibility index (Phi) is 8.20. The van der Waals surface area contributed by atoms with Crippen molar-refractivity contribution >= 4 is 0 Å². The molecule has 2 nitrogen and oxygen atoms in total. The molecule has 0 bridgehead atoms. The number of rotatable bonds is 9. The van der Waals surface area contributed by atoms with Crippen molar-refractivity contribution in [2.45, 2.75) is 64.9 Å². The molecular weight excluding hydrogens is 389 g/mol. The van der Waals surface area contributed by atoms with Crippen molar-refractivity contribution < 1.29 is 22.6 Å². The summed E-state index contributed by atoms with van der Waals surface area (Å²) in [6.07, 6.45) is 6.52. The highest BCUT2D eigenvalue weighted by molar-refractivity contribution is 5.66. The third-order valence-corrected chi connectivity index (χ3v) is 5.78. The van der Waals surface area contributed by atoms with E-state index in [4.69, 9.17) is 9.47 Å². The Morgan fingerprint density at radius 3 is 2.47 bits per heavy atom. The van der Waals surface area contributed by atoms with E-state index in [1.54, 1.807) is 12.1 Å². The number of hydrogen-bond acceptors (Lipinski definition) is 2. The molecule has 2 unspecified atom stereocenters. The van der Waals surface area contributed by atoms with E-state index in [1.165, 1.54) is 18.2 Å². The summed E-state index contributed by atoms with van der Waals surface area (Å²) in [6.45, 7) is 5.19. The molecule has 0 amide bonds. The molecule has 1 aliphatic rings. The van der Waals surface area contributed by atoms with E-state index < -0.39 is 17.5 Å². The number of unbranched alkanes of at least 4 members (excludes halogenated alkanes) is 2. The summed E-state index contributed by atoms with van der Waals surface area (Å²) in [5.41, 5.74) is 0.793. The molecule has 1 saturated heterocycles. The fraction of sp³-hybridized carbons (Fsp3) is 0.520. The summed E-state index contributed by atoms with van der Waals surface area (Å²) < 4.78 is 55.1. The molecule has 0 radical (unpaired) electrons. The SMILES string of the molecule is CCCCCOc1ccc(-c2ccc(C3CCC(CCC)CO3)c(F)c2)c(F)c1F. The van der Waals surface area contributed by atoms with E-state index >= 15 is 0 Å². The average molecular weight is 421 g/mol. The maximum atomic E-state index is 14.8. The van der Waals surface area contributed by atoms with Crippen LogP contribution >= 0.6 is 0 Å². The third kappa shape index (κ3) is 5.37. The molecule has 2 atom stereocenters. The molecule has 0 aromatic heterocycles. The Balaban J connectivity index is 1.72. The minimum Gasteiger partial charge on any atom is -0.490 e. The van der Waals surface area contributed by atoms with Crippen LogP contribution in [0.1, 0.15) is 70.5 Å². The number of halogens is 3. The lowest BCUT2D eigenvalue weighted by atomic mass is 9.91. The topological polar surface area (TPSA) is 18.5 Å². The van der Waals surface area contributed by atoms with Gasteiger partial charge in [0, 0.05) is 11.1 Å². The Morgan fingerprint density at radius 2 is 1.80 bits per heavy atom. The van der Waals surface area contributed by atoms with E-state index in [2.05, 4.69) is 13.8 Å². The summed E-state index contributed by atoms with van der Waals surface area (Å²) in [4.78, 5) is 0. The lowest BCUT2D eigenvalue weighted by Gasteiger charge is -2.29. The zero-order valence-corrected chi connectivity index (χ0v) is 17.9. The molecule has 0 aliphatic carbocycles. The van der Waals surface area contributed by atoms with Crippen LogP contribution in [0.25, 0.3) is 11.1 Å². The summed E-state index contributed by atoms with van der Waals surface area (Å²) in [6, 6.07) is 7.36. The van der Waals surface area contributed by atoms with Crippen molar-refractivity contribution in [1.29, 1.82) is 0 Å². The average Bonchev–Trinajstić information content (AvgIpc) is 2.75. The first-order valence-electron chi connectivity index (χ1n) is 11.1. The van der Waals surface area contributed by atoms with Gasteiger partial charge in [-0.2, -0.15) is 4.39 Å². The largest absolute Gasteiger partial charge is 0.490 e. The van der Waals surface area contributed by atoms with Crippen LogP contribution in [0.15, 0.2) is 30.3 Å². The van der Waals surface area contributed by atoms with Gasteiger partial charge in [-0.3, -0.25) is 0 Å². The van der Waals surface area contributed by atoms with Crippen LogP contribution in [-0.4, -0.2) is 13.2 Å². The summed E-state index contributed by atoms with van der Waals surface area (Å²) in [5, 5.41) is 0. The number of hydrogen-bond donors (Lipinski definition) is 0. The Hall–Kier alpha value is -2.01.